The van der Waals surface area contributed by atoms with Gasteiger partial charge in [0, 0.05) is 16.9 Å². The molecule has 0 aliphatic carbocycles. The van der Waals surface area contributed by atoms with E-state index < -0.39 is 0 Å². The number of thiazole rings is 1. The standard InChI is InChI=1S/C19H19ClN2O2S2/c1-2-9-22(19(23)17-4-3-10-25-17)11-15-13-26-18(21-15)12-24-16-7-5-14(20)6-8-16/h3-8,10,13H,2,9,11-12H2,1H3. The predicted molar refractivity (Wildman–Crippen MR) is 107 cm³/mol. The number of aromatic nitrogens is 1. The molecule has 2 heterocycles. The van der Waals surface area contributed by atoms with Gasteiger partial charge in [-0.05, 0) is 42.1 Å². The molecule has 3 rings (SSSR count). The summed E-state index contributed by atoms with van der Waals surface area (Å²) in [6.45, 7) is 3.70. The molecule has 0 unspecified atom stereocenters. The molecule has 0 fully saturated rings. The van der Waals surface area contributed by atoms with Gasteiger partial charge in [-0.15, -0.1) is 22.7 Å². The molecular weight excluding hydrogens is 388 g/mol. The van der Waals surface area contributed by atoms with Crippen LogP contribution in [0.2, 0.25) is 5.02 Å². The highest BCUT2D eigenvalue weighted by Gasteiger charge is 2.17. The summed E-state index contributed by atoms with van der Waals surface area (Å²) < 4.78 is 5.73. The summed E-state index contributed by atoms with van der Waals surface area (Å²) in [6.07, 6.45) is 0.911. The number of thiophene rings is 1. The van der Waals surface area contributed by atoms with Gasteiger partial charge >= 0.3 is 0 Å². The van der Waals surface area contributed by atoms with Crippen molar-refractivity contribution in [3.8, 4) is 5.75 Å². The average molecular weight is 407 g/mol. The zero-order chi connectivity index (χ0) is 18.4. The van der Waals surface area contributed by atoms with E-state index in [1.165, 1.54) is 11.3 Å². The van der Waals surface area contributed by atoms with E-state index in [2.05, 4.69) is 11.9 Å². The fraction of sp³-hybridized carbons (Fsp3) is 0.263. The van der Waals surface area contributed by atoms with Crippen molar-refractivity contribution in [2.45, 2.75) is 26.5 Å². The highest BCUT2D eigenvalue weighted by atomic mass is 35.5. The Morgan fingerprint density at radius 2 is 2.04 bits per heavy atom. The molecule has 1 amide bonds. The van der Waals surface area contributed by atoms with Crippen molar-refractivity contribution in [2.75, 3.05) is 6.54 Å². The Labute approximate surface area is 166 Å². The maximum Gasteiger partial charge on any atom is 0.264 e. The van der Waals surface area contributed by atoms with Gasteiger partial charge in [0.05, 0.1) is 17.1 Å². The van der Waals surface area contributed by atoms with Gasteiger partial charge in [-0.2, -0.15) is 0 Å². The predicted octanol–water partition coefficient (Wildman–Crippen LogP) is 5.49. The molecule has 0 N–H and O–H groups in total. The van der Waals surface area contributed by atoms with E-state index in [4.69, 9.17) is 16.3 Å². The SMILES string of the molecule is CCCN(Cc1csc(COc2ccc(Cl)cc2)n1)C(=O)c1cccs1. The van der Waals surface area contributed by atoms with Gasteiger partial charge < -0.3 is 9.64 Å². The lowest BCUT2D eigenvalue weighted by Gasteiger charge is -2.20. The second-order valence-electron chi connectivity index (χ2n) is 5.68. The first kappa shape index (κ1) is 18.9. The fourth-order valence-corrected chi connectivity index (χ4v) is 3.95. The van der Waals surface area contributed by atoms with Crippen LogP contribution in [0, 0.1) is 0 Å². The minimum atomic E-state index is 0.0637. The van der Waals surface area contributed by atoms with Crippen LogP contribution in [0.25, 0.3) is 0 Å². The van der Waals surface area contributed by atoms with E-state index >= 15 is 0 Å². The minimum Gasteiger partial charge on any atom is -0.486 e. The summed E-state index contributed by atoms with van der Waals surface area (Å²) in [7, 11) is 0. The monoisotopic (exact) mass is 406 g/mol. The number of benzene rings is 1. The van der Waals surface area contributed by atoms with Crippen LogP contribution in [0.15, 0.2) is 47.2 Å². The molecular formula is C19H19ClN2O2S2. The van der Waals surface area contributed by atoms with Crippen LogP contribution in [-0.4, -0.2) is 22.3 Å². The lowest BCUT2D eigenvalue weighted by molar-refractivity contribution is 0.0746. The molecule has 0 atom stereocenters. The number of carbonyl (C=O) groups is 1. The smallest absolute Gasteiger partial charge is 0.264 e. The summed E-state index contributed by atoms with van der Waals surface area (Å²) in [6, 6.07) is 11.0. The third-order valence-electron chi connectivity index (χ3n) is 3.64. The first-order valence-electron chi connectivity index (χ1n) is 8.30. The number of halogens is 1. The molecule has 3 aromatic rings. The van der Waals surface area contributed by atoms with Crippen LogP contribution < -0.4 is 4.74 Å². The van der Waals surface area contributed by atoms with Crippen molar-refractivity contribution in [1.82, 2.24) is 9.88 Å². The zero-order valence-electron chi connectivity index (χ0n) is 14.4. The first-order chi connectivity index (χ1) is 12.7. The van der Waals surface area contributed by atoms with Gasteiger partial charge in [-0.25, -0.2) is 4.98 Å². The van der Waals surface area contributed by atoms with Crippen molar-refractivity contribution in [3.05, 3.63) is 67.8 Å². The molecule has 26 heavy (non-hydrogen) atoms. The van der Waals surface area contributed by atoms with E-state index in [1.54, 1.807) is 23.5 Å². The fourth-order valence-electron chi connectivity index (χ4n) is 2.44. The van der Waals surface area contributed by atoms with Gasteiger partial charge in [0.2, 0.25) is 0 Å². The van der Waals surface area contributed by atoms with E-state index in [9.17, 15) is 4.79 Å². The number of carbonyl (C=O) groups excluding carboxylic acids is 1. The second-order valence-corrected chi connectivity index (χ2v) is 8.01. The van der Waals surface area contributed by atoms with Gasteiger partial charge in [-0.3, -0.25) is 4.79 Å². The number of rotatable bonds is 8. The summed E-state index contributed by atoms with van der Waals surface area (Å²) in [4.78, 5) is 19.8. The number of hydrogen-bond acceptors (Lipinski definition) is 5. The van der Waals surface area contributed by atoms with Crippen molar-refractivity contribution in [3.63, 3.8) is 0 Å². The Bertz CT molecular complexity index is 832. The summed E-state index contributed by atoms with van der Waals surface area (Å²) in [5.74, 6) is 0.820. The number of hydrogen-bond donors (Lipinski definition) is 0. The Kier molecular flexibility index (Phi) is 6.66. The van der Waals surface area contributed by atoms with Crippen molar-refractivity contribution in [1.29, 1.82) is 0 Å². The van der Waals surface area contributed by atoms with Crippen molar-refractivity contribution in [2.24, 2.45) is 0 Å². The summed E-state index contributed by atoms with van der Waals surface area (Å²) >= 11 is 8.88. The molecule has 7 heteroatoms. The maximum atomic E-state index is 12.6. The Hall–Kier alpha value is -1.89. The Morgan fingerprint density at radius 1 is 1.23 bits per heavy atom. The molecule has 0 aliphatic heterocycles. The lowest BCUT2D eigenvalue weighted by atomic mass is 10.3. The highest BCUT2D eigenvalue weighted by molar-refractivity contribution is 7.12. The van der Waals surface area contributed by atoms with E-state index in [0.717, 1.165) is 27.7 Å². The van der Waals surface area contributed by atoms with Crippen molar-refractivity contribution >= 4 is 40.2 Å². The normalized spacial score (nSPS) is 10.7. The van der Waals surface area contributed by atoms with Crippen molar-refractivity contribution < 1.29 is 9.53 Å². The molecule has 0 aliphatic rings. The van der Waals surface area contributed by atoms with Crippen LogP contribution in [0.1, 0.15) is 33.7 Å². The maximum absolute atomic E-state index is 12.6. The first-order valence-corrected chi connectivity index (χ1v) is 10.4. The molecule has 4 nitrogen and oxygen atoms in total. The van der Waals surface area contributed by atoms with Crippen LogP contribution in [0.4, 0.5) is 0 Å². The van der Waals surface area contributed by atoms with Gasteiger partial charge in [0.1, 0.15) is 17.4 Å². The van der Waals surface area contributed by atoms with E-state index in [-0.39, 0.29) is 5.91 Å². The second kappa shape index (κ2) is 9.16. The minimum absolute atomic E-state index is 0.0637. The van der Waals surface area contributed by atoms with E-state index in [0.29, 0.717) is 24.7 Å². The molecule has 0 spiro atoms. The lowest BCUT2D eigenvalue weighted by Crippen LogP contribution is -2.30. The largest absolute Gasteiger partial charge is 0.486 e. The summed E-state index contributed by atoms with van der Waals surface area (Å²) in [5.41, 5.74) is 0.892. The number of nitrogens with zero attached hydrogens (tertiary/aromatic N) is 2. The van der Waals surface area contributed by atoms with Crippen LogP contribution >= 0.6 is 34.3 Å². The number of ether oxygens (including phenoxy) is 1. The molecule has 0 saturated heterocycles. The number of amides is 1. The van der Waals surface area contributed by atoms with Gasteiger partial charge in [-0.1, -0.05) is 24.6 Å². The quantitative estimate of drug-likeness (QED) is 0.496. The summed E-state index contributed by atoms with van der Waals surface area (Å²) in [5, 5.41) is 5.48. The Morgan fingerprint density at radius 3 is 2.73 bits per heavy atom. The third kappa shape index (κ3) is 5.06. The van der Waals surface area contributed by atoms with Gasteiger partial charge in [0.15, 0.2) is 0 Å². The Balaban J connectivity index is 1.60. The molecule has 0 radical (unpaired) electrons. The molecule has 1 aromatic carbocycles. The van der Waals surface area contributed by atoms with Crippen LogP contribution in [0.3, 0.4) is 0 Å². The van der Waals surface area contributed by atoms with Crippen LogP contribution in [-0.2, 0) is 13.2 Å². The third-order valence-corrected chi connectivity index (χ3v) is 5.62. The average Bonchev–Trinajstić information content (AvgIpc) is 3.32. The highest BCUT2D eigenvalue weighted by Crippen LogP contribution is 2.20. The molecule has 2 aromatic heterocycles. The molecule has 0 bridgehead atoms. The molecule has 0 saturated carbocycles. The van der Waals surface area contributed by atoms with Gasteiger partial charge in [0.25, 0.3) is 5.91 Å². The zero-order valence-corrected chi connectivity index (χ0v) is 16.7. The van der Waals surface area contributed by atoms with E-state index in [1.807, 2.05) is 39.9 Å². The van der Waals surface area contributed by atoms with Crippen LogP contribution in [0.5, 0.6) is 5.75 Å². The topological polar surface area (TPSA) is 42.4 Å². The molecule has 136 valence electrons.